The molecule has 0 aliphatic rings. The second-order valence-electron chi connectivity index (χ2n) is 4.57. The van der Waals surface area contributed by atoms with Gasteiger partial charge in [-0.1, -0.05) is 28.1 Å². The Balaban J connectivity index is 1.93. The molecule has 1 N–H and O–H groups in total. The number of halogens is 2. The Morgan fingerprint density at radius 2 is 2.00 bits per heavy atom. The van der Waals surface area contributed by atoms with Gasteiger partial charge in [0.25, 0.3) is 5.91 Å². The monoisotopic (exact) mass is 423 g/mol. The molecule has 4 nitrogen and oxygen atoms in total. The summed E-state index contributed by atoms with van der Waals surface area (Å²) >= 11 is 6.78. The van der Waals surface area contributed by atoms with Gasteiger partial charge in [-0.25, -0.2) is 0 Å². The van der Waals surface area contributed by atoms with E-state index >= 15 is 0 Å². The second kappa shape index (κ2) is 6.14. The molecule has 0 fully saturated rings. The summed E-state index contributed by atoms with van der Waals surface area (Å²) in [5.74, 6) is 0.484. The number of hydrogen-bond donors (Lipinski definition) is 1. The molecule has 1 amide bonds. The maximum Gasteiger partial charge on any atom is 0.291 e. The Morgan fingerprint density at radius 1 is 1.18 bits per heavy atom. The number of anilines is 1. The number of nitrogens with one attached hydrogen (secondary N) is 1. The largest absolute Gasteiger partial charge is 0.495 e. The molecule has 0 saturated carbocycles. The minimum absolute atomic E-state index is 0.240. The van der Waals surface area contributed by atoms with E-state index in [1.807, 2.05) is 24.3 Å². The predicted molar refractivity (Wildman–Crippen MR) is 92.6 cm³/mol. The van der Waals surface area contributed by atoms with Crippen molar-refractivity contribution in [2.24, 2.45) is 0 Å². The zero-order valence-corrected chi connectivity index (χ0v) is 14.7. The fourth-order valence-corrected chi connectivity index (χ4v) is 2.92. The van der Waals surface area contributed by atoms with Crippen LogP contribution in [0.15, 0.2) is 55.8 Å². The van der Waals surface area contributed by atoms with Crippen LogP contribution in [-0.2, 0) is 0 Å². The number of methoxy groups -OCH3 is 1. The van der Waals surface area contributed by atoms with Gasteiger partial charge in [0.05, 0.1) is 17.3 Å². The third-order valence-electron chi connectivity index (χ3n) is 3.13. The molecule has 1 aromatic heterocycles. The quantitative estimate of drug-likeness (QED) is 0.627. The second-order valence-corrected chi connectivity index (χ2v) is 6.34. The maximum absolute atomic E-state index is 12.4. The lowest BCUT2D eigenvalue weighted by atomic mass is 10.2. The molecule has 3 aromatic rings. The van der Waals surface area contributed by atoms with Gasteiger partial charge >= 0.3 is 0 Å². The van der Waals surface area contributed by atoms with Crippen LogP contribution in [0.4, 0.5) is 5.69 Å². The summed E-state index contributed by atoms with van der Waals surface area (Å²) in [7, 11) is 1.55. The highest BCUT2D eigenvalue weighted by atomic mass is 79.9. The van der Waals surface area contributed by atoms with Gasteiger partial charge < -0.3 is 14.5 Å². The van der Waals surface area contributed by atoms with Crippen LogP contribution in [0.3, 0.4) is 0 Å². The number of benzene rings is 2. The van der Waals surface area contributed by atoms with E-state index < -0.39 is 0 Å². The van der Waals surface area contributed by atoms with Crippen molar-refractivity contribution in [2.45, 2.75) is 0 Å². The van der Waals surface area contributed by atoms with Crippen LogP contribution in [0.5, 0.6) is 5.75 Å². The lowest BCUT2D eigenvalue weighted by Crippen LogP contribution is -2.11. The van der Waals surface area contributed by atoms with Crippen LogP contribution in [0, 0.1) is 0 Å². The first-order chi connectivity index (χ1) is 10.6. The zero-order valence-electron chi connectivity index (χ0n) is 11.5. The van der Waals surface area contributed by atoms with Gasteiger partial charge in [-0.05, 0) is 46.3 Å². The van der Waals surface area contributed by atoms with Crippen molar-refractivity contribution in [1.29, 1.82) is 0 Å². The van der Waals surface area contributed by atoms with Gasteiger partial charge in [0, 0.05) is 9.86 Å². The fraction of sp³-hybridized carbons (Fsp3) is 0.0625. The summed E-state index contributed by atoms with van der Waals surface area (Å²) in [6.07, 6.45) is 0. The molecule has 112 valence electrons. The Hall–Kier alpha value is -1.79. The van der Waals surface area contributed by atoms with E-state index in [9.17, 15) is 4.79 Å². The van der Waals surface area contributed by atoms with E-state index in [0.29, 0.717) is 17.0 Å². The minimum atomic E-state index is -0.334. The molecule has 6 heteroatoms. The molecule has 3 rings (SSSR count). The normalized spacial score (nSPS) is 10.7. The van der Waals surface area contributed by atoms with Gasteiger partial charge in [0.1, 0.15) is 11.3 Å². The van der Waals surface area contributed by atoms with Crippen LogP contribution in [0.25, 0.3) is 11.0 Å². The molecule has 1 heterocycles. The van der Waals surface area contributed by atoms with E-state index in [1.165, 1.54) is 0 Å². The van der Waals surface area contributed by atoms with Crippen LogP contribution in [0.2, 0.25) is 0 Å². The summed E-state index contributed by atoms with van der Waals surface area (Å²) in [6, 6.07) is 12.7. The number of carbonyl (C=O) groups excluding carboxylic acids is 1. The molecule has 22 heavy (non-hydrogen) atoms. The van der Waals surface area contributed by atoms with E-state index in [4.69, 9.17) is 9.15 Å². The highest BCUT2D eigenvalue weighted by Gasteiger charge is 2.15. The van der Waals surface area contributed by atoms with Crippen molar-refractivity contribution in [3.63, 3.8) is 0 Å². The lowest BCUT2D eigenvalue weighted by Gasteiger charge is -2.09. The number of carbonyl (C=O) groups is 1. The molecule has 0 radical (unpaired) electrons. The lowest BCUT2D eigenvalue weighted by molar-refractivity contribution is 0.0998. The summed E-state index contributed by atoms with van der Waals surface area (Å²) in [4.78, 5) is 12.4. The van der Waals surface area contributed by atoms with Crippen molar-refractivity contribution in [3.05, 3.63) is 57.2 Å². The summed E-state index contributed by atoms with van der Waals surface area (Å²) in [5, 5.41) is 3.66. The summed E-state index contributed by atoms with van der Waals surface area (Å²) in [5.41, 5.74) is 1.22. The first kappa shape index (κ1) is 15.1. The van der Waals surface area contributed by atoms with Crippen molar-refractivity contribution in [2.75, 3.05) is 12.4 Å². The van der Waals surface area contributed by atoms with E-state index in [-0.39, 0.29) is 11.7 Å². The average Bonchev–Trinajstić information content (AvgIpc) is 2.93. The van der Waals surface area contributed by atoms with E-state index in [1.54, 1.807) is 25.3 Å². The minimum Gasteiger partial charge on any atom is -0.495 e. The zero-order chi connectivity index (χ0) is 15.7. The van der Waals surface area contributed by atoms with Crippen molar-refractivity contribution < 1.29 is 13.9 Å². The number of furan rings is 1. The van der Waals surface area contributed by atoms with Gasteiger partial charge in [-0.2, -0.15) is 0 Å². The molecule has 0 unspecified atom stereocenters. The van der Waals surface area contributed by atoms with Crippen molar-refractivity contribution in [3.8, 4) is 5.75 Å². The van der Waals surface area contributed by atoms with Crippen LogP contribution in [0.1, 0.15) is 10.6 Å². The number of hydrogen-bond acceptors (Lipinski definition) is 3. The van der Waals surface area contributed by atoms with Crippen molar-refractivity contribution in [1.82, 2.24) is 0 Å². The predicted octanol–water partition coefficient (Wildman–Crippen LogP) is 5.22. The topological polar surface area (TPSA) is 51.5 Å². The molecule has 0 bridgehead atoms. The number of amides is 1. The Labute approximate surface area is 143 Å². The van der Waals surface area contributed by atoms with Gasteiger partial charge in [0.2, 0.25) is 0 Å². The average molecular weight is 425 g/mol. The highest BCUT2D eigenvalue weighted by Crippen LogP contribution is 2.30. The molecule has 2 aromatic carbocycles. The van der Waals surface area contributed by atoms with Gasteiger partial charge in [-0.3, -0.25) is 4.79 Å². The van der Waals surface area contributed by atoms with E-state index in [2.05, 4.69) is 37.2 Å². The standard InChI is InChI=1S/C16H11Br2NO3/c1-21-13-6-5-10(17)8-12(13)19-16(20)14-7-9-3-2-4-11(18)15(9)22-14/h2-8H,1H3,(H,19,20). The first-order valence-electron chi connectivity index (χ1n) is 6.41. The molecule has 0 atom stereocenters. The third-order valence-corrected chi connectivity index (χ3v) is 4.25. The molecule has 0 aliphatic carbocycles. The summed E-state index contributed by atoms with van der Waals surface area (Å²) in [6.45, 7) is 0. The Morgan fingerprint density at radius 3 is 2.73 bits per heavy atom. The Bertz CT molecular complexity index is 858. The maximum atomic E-state index is 12.4. The number of para-hydroxylation sites is 1. The van der Waals surface area contributed by atoms with E-state index in [0.717, 1.165) is 14.3 Å². The van der Waals surface area contributed by atoms with Crippen LogP contribution >= 0.6 is 31.9 Å². The number of rotatable bonds is 3. The third kappa shape index (κ3) is 2.89. The van der Waals surface area contributed by atoms with Crippen LogP contribution < -0.4 is 10.1 Å². The smallest absolute Gasteiger partial charge is 0.291 e. The molecular formula is C16H11Br2NO3. The Kier molecular flexibility index (Phi) is 4.22. The SMILES string of the molecule is COc1ccc(Br)cc1NC(=O)c1cc2cccc(Br)c2o1. The fourth-order valence-electron chi connectivity index (χ4n) is 2.10. The number of ether oxygens (including phenoxy) is 1. The van der Waals surface area contributed by atoms with Gasteiger partial charge in [0.15, 0.2) is 5.76 Å². The molecular weight excluding hydrogens is 414 g/mol. The molecule has 0 aliphatic heterocycles. The first-order valence-corrected chi connectivity index (χ1v) is 8.00. The van der Waals surface area contributed by atoms with Crippen molar-refractivity contribution >= 4 is 54.4 Å². The summed E-state index contributed by atoms with van der Waals surface area (Å²) < 4.78 is 12.5. The molecule has 0 spiro atoms. The van der Waals surface area contributed by atoms with Crippen LogP contribution in [-0.4, -0.2) is 13.0 Å². The molecule has 0 saturated heterocycles. The van der Waals surface area contributed by atoms with Gasteiger partial charge in [-0.15, -0.1) is 0 Å². The number of fused-ring (bicyclic) bond motifs is 1. The highest BCUT2D eigenvalue weighted by molar-refractivity contribution is 9.11.